The summed E-state index contributed by atoms with van der Waals surface area (Å²) in [4.78, 5) is 18.8. The van der Waals surface area contributed by atoms with Gasteiger partial charge in [0.05, 0.1) is 12.3 Å². The van der Waals surface area contributed by atoms with Gasteiger partial charge in [-0.3, -0.25) is 10.3 Å². The second-order valence-corrected chi connectivity index (χ2v) is 8.46. The molecule has 29 heavy (non-hydrogen) atoms. The number of aromatic nitrogens is 3. The molecule has 1 aliphatic rings. The van der Waals surface area contributed by atoms with Crippen molar-refractivity contribution in [3.63, 3.8) is 0 Å². The molecule has 1 aromatic carbocycles. The van der Waals surface area contributed by atoms with Crippen LogP contribution in [-0.4, -0.2) is 33.1 Å². The van der Waals surface area contributed by atoms with E-state index in [-0.39, 0.29) is 12.4 Å². The number of rotatable bonds is 3. The third-order valence-corrected chi connectivity index (χ3v) is 6.41. The van der Waals surface area contributed by atoms with Crippen LogP contribution in [-0.2, 0) is 15.2 Å². The molecule has 7 nitrogen and oxygen atoms in total. The van der Waals surface area contributed by atoms with Crippen LogP contribution in [0.15, 0.2) is 29.3 Å². The van der Waals surface area contributed by atoms with Gasteiger partial charge in [0.2, 0.25) is 0 Å². The number of fused-ring (bicyclic) bond motifs is 3. The number of aryl methyl sites for hydroxylation is 2. The van der Waals surface area contributed by atoms with Gasteiger partial charge in [0.1, 0.15) is 10.8 Å². The van der Waals surface area contributed by atoms with Gasteiger partial charge in [-0.05, 0) is 45.4 Å². The van der Waals surface area contributed by atoms with E-state index in [4.69, 9.17) is 27.1 Å². The Bertz CT molecular complexity index is 1150. The molecule has 3 heterocycles. The SMILES string of the molecule is CCOC(=O)C1(N)N=C(c2ccc(Cl)cc2)c2c(sc(C)c2C)-n2c(C)nnc21. The van der Waals surface area contributed by atoms with Gasteiger partial charge in [0.25, 0.3) is 5.66 Å². The van der Waals surface area contributed by atoms with Crippen molar-refractivity contribution >= 4 is 34.6 Å². The van der Waals surface area contributed by atoms with E-state index < -0.39 is 11.6 Å². The highest BCUT2D eigenvalue weighted by atomic mass is 35.5. The van der Waals surface area contributed by atoms with E-state index in [0.29, 0.717) is 16.6 Å². The molecule has 0 aliphatic carbocycles. The molecule has 1 atom stereocenters. The fourth-order valence-corrected chi connectivity index (χ4v) is 4.71. The monoisotopic (exact) mass is 429 g/mol. The molecule has 0 radical (unpaired) electrons. The number of esters is 1. The first kappa shape index (κ1) is 19.8. The molecule has 9 heteroatoms. The third kappa shape index (κ3) is 2.99. The first-order valence-corrected chi connectivity index (χ1v) is 10.3. The molecule has 4 rings (SSSR count). The number of nitrogens with zero attached hydrogens (tertiary/aromatic N) is 4. The maximum atomic E-state index is 12.9. The number of halogens is 1. The van der Waals surface area contributed by atoms with Crippen LogP contribution >= 0.6 is 22.9 Å². The number of carbonyl (C=O) groups is 1. The number of nitrogens with two attached hydrogens (primary N) is 1. The van der Waals surface area contributed by atoms with Crippen LogP contribution in [0.2, 0.25) is 5.02 Å². The summed E-state index contributed by atoms with van der Waals surface area (Å²) in [6.45, 7) is 7.81. The van der Waals surface area contributed by atoms with Crippen LogP contribution < -0.4 is 5.73 Å². The van der Waals surface area contributed by atoms with Crippen LogP contribution in [0.4, 0.5) is 0 Å². The lowest BCUT2D eigenvalue weighted by atomic mass is 9.99. The van der Waals surface area contributed by atoms with Crippen molar-refractivity contribution < 1.29 is 9.53 Å². The normalized spacial score (nSPS) is 17.9. The molecule has 0 bridgehead atoms. The number of ether oxygens (including phenoxy) is 1. The van der Waals surface area contributed by atoms with Crippen molar-refractivity contribution in [2.75, 3.05) is 6.61 Å². The fraction of sp³-hybridized carbons (Fsp3) is 0.300. The Morgan fingerprint density at radius 2 is 1.93 bits per heavy atom. The van der Waals surface area contributed by atoms with Crippen molar-refractivity contribution in [3.8, 4) is 5.00 Å². The van der Waals surface area contributed by atoms with E-state index >= 15 is 0 Å². The zero-order valence-corrected chi connectivity index (χ0v) is 18.1. The highest BCUT2D eigenvalue weighted by Gasteiger charge is 2.46. The van der Waals surface area contributed by atoms with Crippen molar-refractivity contribution in [1.82, 2.24) is 14.8 Å². The quantitative estimate of drug-likeness (QED) is 0.643. The smallest absolute Gasteiger partial charge is 0.357 e. The van der Waals surface area contributed by atoms with Crippen molar-refractivity contribution in [3.05, 3.63) is 62.5 Å². The first-order chi connectivity index (χ1) is 13.8. The first-order valence-electron chi connectivity index (χ1n) is 9.13. The summed E-state index contributed by atoms with van der Waals surface area (Å²) in [6, 6.07) is 7.29. The van der Waals surface area contributed by atoms with Crippen molar-refractivity contribution in [2.45, 2.75) is 33.4 Å². The summed E-state index contributed by atoms with van der Waals surface area (Å²) >= 11 is 7.67. The Morgan fingerprint density at radius 3 is 2.59 bits per heavy atom. The standard InChI is InChI=1S/C20H20ClN5O2S/c1-5-28-19(27)20(22)18-25-24-12(4)26(18)17-15(10(2)11(3)29-17)16(23-20)13-6-8-14(21)9-7-13/h6-9H,5,22H2,1-4H3. The summed E-state index contributed by atoms with van der Waals surface area (Å²) in [7, 11) is 0. The number of hydrogen-bond donors (Lipinski definition) is 1. The number of carbonyl (C=O) groups excluding carboxylic acids is 1. The molecule has 3 aromatic rings. The van der Waals surface area contributed by atoms with Crippen LogP contribution in [0, 0.1) is 20.8 Å². The van der Waals surface area contributed by atoms with Crippen LogP contribution in [0.1, 0.15) is 40.1 Å². The van der Waals surface area contributed by atoms with E-state index in [9.17, 15) is 4.79 Å². The lowest BCUT2D eigenvalue weighted by molar-refractivity contribution is -0.150. The number of thiophene rings is 1. The molecule has 0 saturated heterocycles. The van der Waals surface area contributed by atoms with E-state index in [1.807, 2.05) is 30.5 Å². The predicted octanol–water partition coefficient (Wildman–Crippen LogP) is 3.43. The van der Waals surface area contributed by atoms with Gasteiger partial charge >= 0.3 is 5.97 Å². The van der Waals surface area contributed by atoms with Gasteiger partial charge in [-0.2, -0.15) is 0 Å². The molecule has 0 spiro atoms. The molecular weight excluding hydrogens is 410 g/mol. The fourth-order valence-electron chi connectivity index (χ4n) is 3.37. The number of aliphatic imine (C=N–C) groups is 1. The zero-order valence-electron chi connectivity index (χ0n) is 16.5. The highest BCUT2D eigenvalue weighted by molar-refractivity contribution is 7.15. The topological polar surface area (TPSA) is 95.4 Å². The largest absolute Gasteiger partial charge is 0.463 e. The van der Waals surface area contributed by atoms with Gasteiger partial charge < -0.3 is 4.74 Å². The molecule has 0 amide bonds. The Kier molecular flexibility index (Phi) is 4.80. The Labute approximate surface area is 177 Å². The van der Waals surface area contributed by atoms with E-state index in [0.717, 1.165) is 26.6 Å². The molecule has 0 saturated carbocycles. The average Bonchev–Trinajstić information content (AvgIpc) is 3.17. The van der Waals surface area contributed by atoms with Crippen molar-refractivity contribution in [1.29, 1.82) is 0 Å². The van der Waals surface area contributed by atoms with Crippen LogP contribution in [0.3, 0.4) is 0 Å². The lowest BCUT2D eigenvalue weighted by Gasteiger charge is -2.22. The van der Waals surface area contributed by atoms with Gasteiger partial charge in [-0.25, -0.2) is 9.79 Å². The molecule has 150 valence electrons. The predicted molar refractivity (Wildman–Crippen MR) is 113 cm³/mol. The highest BCUT2D eigenvalue weighted by Crippen LogP contribution is 2.39. The number of benzene rings is 1. The second kappa shape index (κ2) is 7.05. The summed E-state index contributed by atoms with van der Waals surface area (Å²) in [5.74, 6) is 0.179. The Morgan fingerprint density at radius 1 is 1.24 bits per heavy atom. The molecule has 2 N–H and O–H groups in total. The average molecular weight is 430 g/mol. The molecular formula is C20H20ClN5O2S. The van der Waals surface area contributed by atoms with Gasteiger partial charge in [-0.15, -0.1) is 21.5 Å². The van der Waals surface area contributed by atoms with Gasteiger partial charge in [-0.1, -0.05) is 23.7 Å². The molecule has 0 fully saturated rings. The summed E-state index contributed by atoms with van der Waals surface area (Å²) < 4.78 is 7.08. The van der Waals surface area contributed by atoms with E-state index in [2.05, 4.69) is 17.1 Å². The number of hydrogen-bond acceptors (Lipinski definition) is 7. The third-order valence-electron chi connectivity index (χ3n) is 4.96. The Balaban J connectivity index is 2.10. The molecule has 1 unspecified atom stereocenters. The Hall–Kier alpha value is -2.55. The molecule has 1 aliphatic heterocycles. The zero-order chi connectivity index (χ0) is 20.9. The minimum absolute atomic E-state index is 0.177. The van der Waals surface area contributed by atoms with Gasteiger partial charge in [0.15, 0.2) is 5.82 Å². The summed E-state index contributed by atoms with van der Waals surface area (Å²) in [5, 5.41) is 9.88. The maximum Gasteiger partial charge on any atom is 0.357 e. The minimum Gasteiger partial charge on any atom is -0.463 e. The maximum absolute atomic E-state index is 12.9. The van der Waals surface area contributed by atoms with E-state index in [1.165, 1.54) is 0 Å². The van der Waals surface area contributed by atoms with Crippen LogP contribution in [0.5, 0.6) is 0 Å². The second-order valence-electron chi connectivity index (χ2n) is 6.82. The molecule has 2 aromatic heterocycles. The van der Waals surface area contributed by atoms with Gasteiger partial charge in [0, 0.05) is 21.0 Å². The minimum atomic E-state index is -1.83. The summed E-state index contributed by atoms with van der Waals surface area (Å²) in [6.07, 6.45) is 0. The van der Waals surface area contributed by atoms with Crippen molar-refractivity contribution in [2.24, 2.45) is 10.7 Å². The van der Waals surface area contributed by atoms with E-state index in [1.54, 1.807) is 30.4 Å². The van der Waals surface area contributed by atoms with Crippen LogP contribution in [0.25, 0.3) is 5.00 Å². The summed E-state index contributed by atoms with van der Waals surface area (Å²) in [5.41, 5.74) is 8.12. The lowest BCUT2D eigenvalue weighted by Crippen LogP contribution is -2.46.